The van der Waals surface area contributed by atoms with Gasteiger partial charge < -0.3 is 24.2 Å². The fourth-order valence-electron chi connectivity index (χ4n) is 19.8. The minimum absolute atomic E-state index is 0.122. The van der Waals surface area contributed by atoms with Gasteiger partial charge in [-0.1, -0.05) is 299 Å². The van der Waals surface area contributed by atoms with Crippen LogP contribution in [0.15, 0.2) is 343 Å². The molecule has 0 saturated carbocycles. The Morgan fingerprint density at radius 1 is 0.298 bits per heavy atom. The molecule has 0 saturated heterocycles. The molecular formula is C94H64B2N4OSSi2. The van der Waals surface area contributed by atoms with Crippen molar-refractivity contribution in [1.82, 2.24) is 0 Å². The first-order valence-corrected chi connectivity index (χ1v) is 41.3. The summed E-state index contributed by atoms with van der Waals surface area (Å²) < 4.78 is 6.97. The van der Waals surface area contributed by atoms with E-state index in [1.54, 1.807) is 0 Å². The lowest BCUT2D eigenvalue weighted by molar-refractivity contribution is 0.478. The van der Waals surface area contributed by atoms with Gasteiger partial charge in [-0.2, -0.15) is 0 Å². The Hall–Kier alpha value is -11.8. The molecule has 8 aliphatic heterocycles. The van der Waals surface area contributed by atoms with Crippen molar-refractivity contribution in [2.75, 3.05) is 19.4 Å². The first-order chi connectivity index (χ1) is 51.2. The van der Waals surface area contributed by atoms with Crippen LogP contribution in [0.3, 0.4) is 0 Å². The van der Waals surface area contributed by atoms with Gasteiger partial charge in [0, 0.05) is 60.7 Å². The largest absolute Gasteiger partial charge is 0.453 e. The van der Waals surface area contributed by atoms with Crippen molar-refractivity contribution in [3.8, 4) is 56.0 Å². The first-order valence-electron chi connectivity index (χ1n) is 36.4. The molecule has 0 fully saturated rings. The number of benzene rings is 15. The highest BCUT2D eigenvalue weighted by Crippen LogP contribution is 2.59. The lowest BCUT2D eigenvalue weighted by Crippen LogP contribution is -2.79. The summed E-state index contributed by atoms with van der Waals surface area (Å²) in [5.74, 6) is 1.74. The fourth-order valence-corrected chi connectivity index (χ4v) is 31.2. The molecule has 5 nitrogen and oxygen atoms in total. The third kappa shape index (κ3) is 7.66. The van der Waals surface area contributed by atoms with Gasteiger partial charge in [0.1, 0.15) is 5.75 Å². The number of nitrogens with zero attached hydrogens (tertiary/aromatic N) is 4. The molecule has 0 radical (unpaired) electrons. The van der Waals surface area contributed by atoms with Gasteiger partial charge in [0.05, 0.1) is 17.1 Å². The normalized spacial score (nSPS) is 15.1. The molecule has 0 amide bonds. The number of hydrogen-bond donors (Lipinski definition) is 0. The van der Waals surface area contributed by atoms with Crippen LogP contribution in [0, 0.1) is 0 Å². The van der Waals surface area contributed by atoms with Crippen LogP contribution < -0.4 is 87.5 Å². The summed E-state index contributed by atoms with van der Waals surface area (Å²) in [5.41, 5.74) is 28.5. The van der Waals surface area contributed by atoms with Crippen LogP contribution in [0.4, 0.5) is 56.9 Å². The Kier molecular flexibility index (Phi) is 12.1. The standard InChI is InChI=1S/C94H64B2N4OSSi2/c1-94(2,3)63-57-71-69-35-23-43-83-91(69)100(96-73-37-25-47-87-93(73)98(79(58-63)89(71)96)76-40-18-21-45-85(76)104(87,66-30-12-6-13-31-66)67-32-14-7-15-33-67)77-55-61(52-53-82(77)102-83)59-48-50-60(51-49-59)62-54-70-68-34-22-42-81-90(68)99(74-38-16-19-41-80(74)101-81)95-72-36-24-46-86-92(72)97(78(56-62)88(70)95)75-39-17-20-44-84(75)103(86,64-26-8-4-9-27-64)65-28-10-5-11-29-65/h4-58H,1-3H3. The fraction of sp³-hybridized carbons (Fsp3) is 0.0426. The van der Waals surface area contributed by atoms with Crippen molar-refractivity contribution in [3.63, 3.8) is 0 Å². The summed E-state index contributed by atoms with van der Waals surface area (Å²) in [5, 5.41) is 11.2. The van der Waals surface area contributed by atoms with Gasteiger partial charge in [-0.15, -0.1) is 0 Å². The molecule has 10 heteroatoms. The van der Waals surface area contributed by atoms with Crippen molar-refractivity contribution in [1.29, 1.82) is 0 Å². The van der Waals surface area contributed by atoms with E-state index in [9.17, 15) is 0 Å². The second-order valence-corrected chi connectivity index (χ2v) is 38.6. The predicted octanol–water partition coefficient (Wildman–Crippen LogP) is 15.7. The average Bonchev–Trinajstić information content (AvgIpc) is 0.672. The van der Waals surface area contributed by atoms with E-state index in [4.69, 9.17) is 4.74 Å². The second kappa shape index (κ2) is 21.4. The molecular weight excluding hydrogens is 1310 g/mol. The molecule has 0 N–H and O–H groups in total. The molecule has 0 bridgehead atoms. The minimum Gasteiger partial charge on any atom is -0.453 e. The molecule has 486 valence electrons. The lowest BCUT2D eigenvalue weighted by atomic mass is 9.43. The molecule has 0 aromatic heterocycles. The summed E-state index contributed by atoms with van der Waals surface area (Å²) >= 11 is 1.91. The SMILES string of the molecule is CC(C)(C)c1cc2c3c(c1)N1c4ccccc4[Si](c4ccccc4)(c4ccccc4)c4cccc(c41)B3N1c3cc(-c4ccc(-c5cc6c7c(c5)N5c8ccccc8[Si](c8ccccc8)(c8ccccc8)c8cccc(c85)B7N5c7ccccc7Oc7cccc-6c75)cc4)ccc3Sc3cccc-2c31. The smallest absolute Gasteiger partial charge is 0.333 e. The summed E-state index contributed by atoms with van der Waals surface area (Å²) in [6.45, 7) is 6.84. The molecule has 104 heavy (non-hydrogen) atoms. The topological polar surface area (TPSA) is 22.2 Å². The van der Waals surface area contributed by atoms with E-state index in [0.29, 0.717) is 0 Å². The minimum atomic E-state index is -2.99. The Bertz CT molecular complexity index is 6150. The van der Waals surface area contributed by atoms with Gasteiger partial charge in [-0.05, 0) is 174 Å². The van der Waals surface area contributed by atoms with E-state index in [1.807, 2.05) is 11.8 Å². The van der Waals surface area contributed by atoms with E-state index in [1.165, 1.54) is 163 Å². The van der Waals surface area contributed by atoms with Crippen LogP contribution in [-0.4, -0.2) is 29.8 Å². The van der Waals surface area contributed by atoms with Gasteiger partial charge in [0.2, 0.25) is 0 Å². The molecule has 0 unspecified atom stereocenters. The lowest BCUT2D eigenvalue weighted by Gasteiger charge is -2.52. The van der Waals surface area contributed by atoms with Gasteiger partial charge >= 0.3 is 13.7 Å². The van der Waals surface area contributed by atoms with Crippen LogP contribution in [-0.2, 0) is 5.41 Å². The summed E-state index contributed by atoms with van der Waals surface area (Å²) in [7, 11) is -5.97. The zero-order valence-electron chi connectivity index (χ0n) is 57.5. The number of ether oxygens (including phenoxy) is 1. The summed E-state index contributed by atoms with van der Waals surface area (Å²) in [4.78, 5) is 13.3. The van der Waals surface area contributed by atoms with Crippen molar-refractivity contribution in [2.45, 2.75) is 36.0 Å². The first kappa shape index (κ1) is 58.8. The number of para-hydroxylation sites is 8. The Morgan fingerprint density at radius 3 is 1.30 bits per heavy atom. The third-order valence-corrected chi connectivity index (χ3v) is 34.8. The van der Waals surface area contributed by atoms with Crippen LogP contribution in [0.2, 0.25) is 0 Å². The van der Waals surface area contributed by atoms with Crippen LogP contribution in [0.25, 0.3) is 44.5 Å². The molecule has 0 spiro atoms. The van der Waals surface area contributed by atoms with Crippen LogP contribution in [0.1, 0.15) is 26.3 Å². The molecule has 15 aromatic carbocycles. The number of anilines is 10. The van der Waals surface area contributed by atoms with Gasteiger partial charge in [0.15, 0.2) is 21.9 Å². The number of rotatable bonds is 6. The van der Waals surface area contributed by atoms with E-state index in [0.717, 1.165) is 28.4 Å². The van der Waals surface area contributed by atoms with Gasteiger partial charge in [0.25, 0.3) is 0 Å². The molecule has 0 aliphatic carbocycles. The van der Waals surface area contributed by atoms with Crippen molar-refractivity contribution < 1.29 is 4.74 Å². The maximum atomic E-state index is 6.97. The van der Waals surface area contributed by atoms with Crippen molar-refractivity contribution in [3.05, 3.63) is 339 Å². The van der Waals surface area contributed by atoms with E-state index in [2.05, 4.69) is 374 Å². The van der Waals surface area contributed by atoms with E-state index < -0.39 is 16.1 Å². The Balaban J connectivity index is 0.709. The van der Waals surface area contributed by atoms with Gasteiger partial charge in [-0.3, -0.25) is 0 Å². The monoisotopic (exact) mass is 1370 g/mol. The maximum absolute atomic E-state index is 6.97. The zero-order chi connectivity index (χ0) is 68.5. The quantitative estimate of drug-likeness (QED) is 0.154. The third-order valence-electron chi connectivity index (χ3n) is 24.0. The molecule has 15 aromatic rings. The number of hydrogen-bond acceptors (Lipinski definition) is 6. The Labute approximate surface area is 612 Å². The van der Waals surface area contributed by atoms with Gasteiger partial charge in [-0.25, -0.2) is 0 Å². The maximum Gasteiger partial charge on any atom is 0.333 e. The van der Waals surface area contributed by atoms with Crippen LogP contribution in [0.5, 0.6) is 11.5 Å². The van der Waals surface area contributed by atoms with Crippen molar-refractivity contribution >= 4 is 162 Å². The predicted molar refractivity (Wildman–Crippen MR) is 442 cm³/mol. The second-order valence-electron chi connectivity index (χ2n) is 30.1. The average molecular weight is 1380 g/mol. The molecule has 8 heterocycles. The molecule has 23 rings (SSSR count). The van der Waals surface area contributed by atoms with Crippen molar-refractivity contribution in [2.24, 2.45) is 0 Å². The van der Waals surface area contributed by atoms with E-state index in [-0.39, 0.29) is 19.1 Å². The Morgan fingerprint density at radius 2 is 0.731 bits per heavy atom. The van der Waals surface area contributed by atoms with Crippen LogP contribution >= 0.6 is 11.8 Å². The summed E-state index contributed by atoms with van der Waals surface area (Å²) in [6.07, 6.45) is 0. The summed E-state index contributed by atoms with van der Waals surface area (Å²) in [6, 6.07) is 128. The molecule has 0 atom stereocenters. The zero-order valence-corrected chi connectivity index (χ0v) is 60.3. The van der Waals surface area contributed by atoms with E-state index >= 15 is 0 Å². The highest BCUT2D eigenvalue weighted by molar-refractivity contribution is 7.99. The number of fused-ring (bicyclic) bond motifs is 16. The highest BCUT2D eigenvalue weighted by atomic mass is 32.2. The molecule has 8 aliphatic rings. The highest BCUT2D eigenvalue weighted by Gasteiger charge is 2.58.